The standard InChI is InChI=1S/C13H12F2N4O2S/c14-8-3-1-2-7(4-8)6-17-12(21)19-13-18-9(5-10(16)20)11(15)22-13/h1-4H,5-6H2,(H2,16,20)(H2,17,18,19,21). The number of benzene rings is 1. The first-order valence-electron chi connectivity index (χ1n) is 6.17. The Kier molecular flexibility index (Phi) is 4.99. The van der Waals surface area contributed by atoms with E-state index in [-0.39, 0.29) is 23.8 Å². The molecule has 0 atom stereocenters. The largest absolute Gasteiger partial charge is 0.369 e. The van der Waals surface area contributed by atoms with Crippen LogP contribution in [0.25, 0.3) is 0 Å². The van der Waals surface area contributed by atoms with E-state index in [1.54, 1.807) is 6.07 Å². The maximum Gasteiger partial charge on any atom is 0.321 e. The SMILES string of the molecule is NC(=O)Cc1nc(NC(=O)NCc2cccc(F)c2)sc1F. The first kappa shape index (κ1) is 15.8. The van der Waals surface area contributed by atoms with Crippen LogP contribution in [0.4, 0.5) is 18.7 Å². The second-order valence-electron chi connectivity index (χ2n) is 4.32. The lowest BCUT2D eigenvalue weighted by Gasteiger charge is -2.05. The van der Waals surface area contributed by atoms with Gasteiger partial charge in [0, 0.05) is 6.54 Å². The first-order valence-corrected chi connectivity index (χ1v) is 6.98. The summed E-state index contributed by atoms with van der Waals surface area (Å²) in [5.41, 5.74) is 5.42. The van der Waals surface area contributed by atoms with E-state index in [9.17, 15) is 18.4 Å². The Balaban J connectivity index is 1.90. The molecular formula is C13H12F2N4O2S. The predicted octanol–water partition coefficient (Wildman–Crippen LogP) is 1.77. The molecule has 4 N–H and O–H groups in total. The molecule has 1 aromatic heterocycles. The highest BCUT2D eigenvalue weighted by atomic mass is 32.1. The van der Waals surface area contributed by atoms with Crippen molar-refractivity contribution >= 4 is 28.4 Å². The van der Waals surface area contributed by atoms with Crippen molar-refractivity contribution < 1.29 is 18.4 Å². The Morgan fingerprint density at radius 1 is 1.32 bits per heavy atom. The van der Waals surface area contributed by atoms with Crippen LogP contribution in [-0.4, -0.2) is 16.9 Å². The van der Waals surface area contributed by atoms with E-state index in [2.05, 4.69) is 15.6 Å². The van der Waals surface area contributed by atoms with Gasteiger partial charge in [-0.3, -0.25) is 10.1 Å². The van der Waals surface area contributed by atoms with Gasteiger partial charge in [-0.1, -0.05) is 23.5 Å². The van der Waals surface area contributed by atoms with Crippen molar-refractivity contribution in [3.05, 3.63) is 46.5 Å². The van der Waals surface area contributed by atoms with Gasteiger partial charge in [0.2, 0.25) is 11.0 Å². The molecule has 3 amide bonds. The summed E-state index contributed by atoms with van der Waals surface area (Å²) >= 11 is 0.591. The van der Waals surface area contributed by atoms with E-state index in [1.165, 1.54) is 18.2 Å². The summed E-state index contributed by atoms with van der Waals surface area (Å²) in [4.78, 5) is 26.1. The lowest BCUT2D eigenvalue weighted by atomic mass is 10.2. The number of aromatic nitrogens is 1. The van der Waals surface area contributed by atoms with Crippen LogP contribution in [0, 0.1) is 10.9 Å². The van der Waals surface area contributed by atoms with Gasteiger partial charge in [-0.15, -0.1) is 0 Å². The lowest BCUT2D eigenvalue weighted by Crippen LogP contribution is -2.28. The predicted molar refractivity (Wildman–Crippen MR) is 77.2 cm³/mol. The van der Waals surface area contributed by atoms with E-state index in [4.69, 9.17) is 5.73 Å². The fourth-order valence-electron chi connectivity index (χ4n) is 1.63. The van der Waals surface area contributed by atoms with Crippen molar-refractivity contribution in [3.8, 4) is 0 Å². The number of amides is 3. The second kappa shape index (κ2) is 6.94. The average molecular weight is 326 g/mol. The number of carbonyl (C=O) groups is 2. The molecule has 9 heteroatoms. The fraction of sp³-hybridized carbons (Fsp3) is 0.154. The minimum Gasteiger partial charge on any atom is -0.369 e. The Morgan fingerprint density at radius 3 is 2.77 bits per heavy atom. The van der Waals surface area contributed by atoms with Crippen LogP contribution in [0.1, 0.15) is 11.3 Å². The van der Waals surface area contributed by atoms with Crippen molar-refractivity contribution in [3.63, 3.8) is 0 Å². The lowest BCUT2D eigenvalue weighted by molar-refractivity contribution is -0.117. The number of hydrogen-bond donors (Lipinski definition) is 3. The van der Waals surface area contributed by atoms with E-state index in [0.717, 1.165) is 0 Å². The van der Waals surface area contributed by atoms with Gasteiger partial charge in [0.1, 0.15) is 5.82 Å². The number of nitrogens with one attached hydrogen (secondary N) is 2. The summed E-state index contributed by atoms with van der Waals surface area (Å²) in [5, 5.41) is 4.14. The summed E-state index contributed by atoms with van der Waals surface area (Å²) in [6.45, 7) is 0.103. The van der Waals surface area contributed by atoms with Crippen molar-refractivity contribution in [1.29, 1.82) is 0 Å². The molecule has 0 saturated carbocycles. The summed E-state index contributed by atoms with van der Waals surface area (Å²) in [6, 6.07) is 5.13. The minimum atomic E-state index is -0.716. The zero-order valence-corrected chi connectivity index (χ0v) is 12.0. The zero-order chi connectivity index (χ0) is 16.1. The minimum absolute atomic E-state index is 0.00509. The number of halogens is 2. The molecule has 0 aliphatic heterocycles. The summed E-state index contributed by atoms with van der Waals surface area (Å²) in [5.74, 6) is -1.12. The number of primary amides is 1. The van der Waals surface area contributed by atoms with Gasteiger partial charge < -0.3 is 11.1 Å². The van der Waals surface area contributed by atoms with Gasteiger partial charge in [0.05, 0.1) is 12.1 Å². The van der Waals surface area contributed by atoms with Crippen LogP contribution in [-0.2, 0) is 17.8 Å². The van der Waals surface area contributed by atoms with Gasteiger partial charge in [0.25, 0.3) is 0 Å². The van der Waals surface area contributed by atoms with Crippen LogP contribution >= 0.6 is 11.3 Å². The highest BCUT2D eigenvalue weighted by Crippen LogP contribution is 2.21. The zero-order valence-electron chi connectivity index (χ0n) is 11.2. The van der Waals surface area contributed by atoms with Gasteiger partial charge in [-0.25, -0.2) is 14.2 Å². The molecule has 0 aliphatic carbocycles. The van der Waals surface area contributed by atoms with Gasteiger partial charge in [0.15, 0.2) is 5.13 Å². The highest BCUT2D eigenvalue weighted by Gasteiger charge is 2.14. The van der Waals surface area contributed by atoms with Crippen molar-refractivity contribution in [2.75, 3.05) is 5.32 Å². The molecule has 0 spiro atoms. The Morgan fingerprint density at radius 2 is 2.09 bits per heavy atom. The molecule has 0 saturated heterocycles. The molecular weight excluding hydrogens is 314 g/mol. The van der Waals surface area contributed by atoms with Crippen LogP contribution < -0.4 is 16.4 Å². The third kappa shape index (κ3) is 4.48. The molecule has 0 fully saturated rings. The Hall–Kier alpha value is -2.55. The fourth-order valence-corrected chi connectivity index (χ4v) is 2.34. The van der Waals surface area contributed by atoms with Gasteiger partial charge in [-0.05, 0) is 17.7 Å². The van der Waals surface area contributed by atoms with E-state index in [1.807, 2.05) is 0 Å². The second-order valence-corrected chi connectivity index (χ2v) is 5.27. The Bertz CT molecular complexity index is 705. The molecule has 6 nitrogen and oxygen atoms in total. The number of nitrogens with zero attached hydrogens (tertiary/aromatic N) is 1. The van der Waals surface area contributed by atoms with E-state index >= 15 is 0 Å². The average Bonchev–Trinajstić information content (AvgIpc) is 2.76. The van der Waals surface area contributed by atoms with Crippen LogP contribution in [0.3, 0.4) is 0 Å². The molecule has 116 valence electrons. The monoisotopic (exact) mass is 326 g/mol. The smallest absolute Gasteiger partial charge is 0.321 e. The van der Waals surface area contributed by atoms with E-state index < -0.39 is 22.9 Å². The molecule has 0 radical (unpaired) electrons. The van der Waals surface area contributed by atoms with E-state index in [0.29, 0.717) is 16.9 Å². The first-order chi connectivity index (χ1) is 10.4. The third-order valence-corrected chi connectivity index (χ3v) is 3.36. The number of urea groups is 1. The number of rotatable bonds is 5. The molecule has 2 rings (SSSR count). The summed E-state index contributed by atoms with van der Waals surface area (Å²) in [6.07, 6.45) is -0.338. The van der Waals surface area contributed by atoms with Crippen LogP contribution in [0.15, 0.2) is 24.3 Å². The molecule has 22 heavy (non-hydrogen) atoms. The molecule has 0 bridgehead atoms. The molecule has 2 aromatic rings. The molecule has 1 heterocycles. The summed E-state index contributed by atoms with van der Waals surface area (Å²) in [7, 11) is 0. The van der Waals surface area contributed by atoms with Crippen molar-refractivity contribution in [2.24, 2.45) is 5.73 Å². The maximum absolute atomic E-state index is 13.5. The maximum atomic E-state index is 13.5. The third-order valence-electron chi connectivity index (χ3n) is 2.55. The van der Waals surface area contributed by atoms with Crippen molar-refractivity contribution in [2.45, 2.75) is 13.0 Å². The number of thiazole rings is 1. The van der Waals surface area contributed by atoms with Crippen molar-refractivity contribution in [1.82, 2.24) is 10.3 Å². The quantitative estimate of drug-likeness (QED) is 0.781. The van der Waals surface area contributed by atoms with Crippen LogP contribution in [0.2, 0.25) is 0 Å². The number of anilines is 1. The normalized spacial score (nSPS) is 10.3. The van der Waals surface area contributed by atoms with Crippen LogP contribution in [0.5, 0.6) is 0 Å². The number of hydrogen-bond acceptors (Lipinski definition) is 4. The molecule has 0 unspecified atom stereocenters. The highest BCUT2D eigenvalue weighted by molar-refractivity contribution is 7.14. The van der Waals surface area contributed by atoms with Gasteiger partial charge in [-0.2, -0.15) is 4.39 Å². The summed E-state index contributed by atoms with van der Waals surface area (Å²) < 4.78 is 26.4. The molecule has 0 aliphatic rings. The number of carbonyl (C=O) groups excluding carboxylic acids is 2. The Labute approximate surface area is 128 Å². The molecule has 1 aromatic carbocycles. The topological polar surface area (TPSA) is 97.1 Å². The number of nitrogens with two attached hydrogens (primary N) is 1. The van der Waals surface area contributed by atoms with Gasteiger partial charge >= 0.3 is 6.03 Å².